The third kappa shape index (κ3) is 69.8. The summed E-state index contributed by atoms with van der Waals surface area (Å²) in [6.07, 6.45) is 5.86. The Hall–Kier alpha value is -1.14. The van der Waals surface area contributed by atoms with E-state index in [0.29, 0.717) is 26.4 Å². The van der Waals surface area contributed by atoms with E-state index in [9.17, 15) is 9.59 Å². The van der Waals surface area contributed by atoms with Crippen LogP contribution in [0, 0.1) is 0 Å². The Labute approximate surface area is 148 Å². The van der Waals surface area contributed by atoms with Gasteiger partial charge in [-0.1, -0.05) is 40.5 Å². The largest absolute Gasteiger partial charge is 0.466 e. The minimum absolute atomic E-state index is 0.182. The Balaban J connectivity index is -0.000000115. The predicted molar refractivity (Wildman–Crippen MR) is 97.8 cm³/mol. The molecule has 0 heterocycles. The first-order chi connectivity index (χ1) is 11.4. The smallest absolute Gasteiger partial charge is 0.302 e. The summed E-state index contributed by atoms with van der Waals surface area (Å²) >= 11 is 0. The average Bonchev–Trinajstić information content (AvgIpc) is 2.55. The van der Waals surface area contributed by atoms with Crippen molar-refractivity contribution >= 4 is 11.9 Å². The van der Waals surface area contributed by atoms with Gasteiger partial charge in [-0.05, 0) is 25.7 Å². The fraction of sp³-hybridized carbons (Fsp3) is 0.889. The highest BCUT2D eigenvalue weighted by Gasteiger charge is 1.88. The second kappa shape index (κ2) is 33.5. The summed E-state index contributed by atoms with van der Waals surface area (Å²) in [6, 6.07) is 0. The highest BCUT2D eigenvalue weighted by atomic mass is 16.5. The van der Waals surface area contributed by atoms with Crippen molar-refractivity contribution in [2.45, 2.75) is 80.1 Å². The summed E-state index contributed by atoms with van der Waals surface area (Å²) in [7, 11) is 0. The molecule has 0 aliphatic heterocycles. The Bertz CT molecular complexity index is 228. The molecule has 0 rings (SSSR count). The minimum atomic E-state index is -0.193. The molecule has 0 saturated carbocycles. The molecular formula is C18H40O6. The molecule has 6 heteroatoms. The number of aliphatic hydroxyl groups excluding tert-OH is 2. The maximum absolute atomic E-state index is 10.1. The van der Waals surface area contributed by atoms with Gasteiger partial charge in [-0.15, -0.1) is 0 Å². The molecule has 148 valence electrons. The number of hydrogen-bond acceptors (Lipinski definition) is 6. The first-order valence-corrected chi connectivity index (χ1v) is 8.85. The zero-order chi connectivity index (χ0) is 19.6. The Kier molecular flexibility index (Phi) is 42.8. The molecule has 0 saturated heterocycles. The van der Waals surface area contributed by atoms with Gasteiger partial charge in [-0.2, -0.15) is 0 Å². The normalized spacial score (nSPS) is 8.33. The zero-order valence-corrected chi connectivity index (χ0v) is 16.6. The first kappa shape index (κ1) is 30.7. The summed E-state index contributed by atoms with van der Waals surface area (Å²) in [4.78, 5) is 20.1. The highest BCUT2D eigenvalue weighted by molar-refractivity contribution is 5.66. The minimum Gasteiger partial charge on any atom is -0.466 e. The molecule has 0 aromatic carbocycles. The van der Waals surface area contributed by atoms with Crippen molar-refractivity contribution in [3.8, 4) is 0 Å². The van der Waals surface area contributed by atoms with Gasteiger partial charge in [0, 0.05) is 27.1 Å². The second-order valence-electron chi connectivity index (χ2n) is 4.83. The molecule has 0 unspecified atom stereocenters. The molecule has 0 spiro atoms. The third-order valence-corrected chi connectivity index (χ3v) is 2.05. The number of carbonyl (C=O) groups is 2. The maximum atomic E-state index is 10.1. The summed E-state index contributed by atoms with van der Waals surface area (Å²) < 4.78 is 9.20. The number of unbranched alkanes of at least 4 members (excludes halogenated alkanes) is 2. The first-order valence-electron chi connectivity index (χ1n) is 8.85. The fourth-order valence-corrected chi connectivity index (χ4v) is 0.764. The van der Waals surface area contributed by atoms with E-state index in [-0.39, 0.29) is 11.9 Å². The van der Waals surface area contributed by atoms with Gasteiger partial charge in [0.05, 0.1) is 13.2 Å². The topological polar surface area (TPSA) is 93.1 Å². The molecule has 24 heavy (non-hydrogen) atoms. The molecule has 6 nitrogen and oxygen atoms in total. The molecule has 0 fully saturated rings. The van der Waals surface area contributed by atoms with E-state index in [0.717, 1.165) is 38.5 Å². The van der Waals surface area contributed by atoms with Crippen molar-refractivity contribution in [2.24, 2.45) is 0 Å². The second-order valence-corrected chi connectivity index (χ2v) is 4.83. The predicted octanol–water partition coefficient (Wildman–Crippen LogP) is 3.48. The fourth-order valence-electron chi connectivity index (χ4n) is 0.764. The van der Waals surface area contributed by atoms with Crippen molar-refractivity contribution in [1.29, 1.82) is 0 Å². The number of ether oxygens (including phenoxy) is 2. The van der Waals surface area contributed by atoms with Gasteiger partial charge in [0.2, 0.25) is 0 Å². The highest BCUT2D eigenvalue weighted by Crippen LogP contribution is 1.86. The van der Waals surface area contributed by atoms with Crippen molar-refractivity contribution in [1.82, 2.24) is 0 Å². The Morgan fingerprint density at radius 3 is 1.25 bits per heavy atom. The molecule has 2 N–H and O–H groups in total. The molecule has 0 aromatic heterocycles. The maximum Gasteiger partial charge on any atom is 0.302 e. The van der Waals surface area contributed by atoms with Crippen molar-refractivity contribution in [2.75, 3.05) is 26.4 Å². The Morgan fingerprint density at radius 1 is 0.667 bits per heavy atom. The van der Waals surface area contributed by atoms with E-state index in [1.165, 1.54) is 13.8 Å². The van der Waals surface area contributed by atoms with Crippen LogP contribution >= 0.6 is 0 Å². The van der Waals surface area contributed by atoms with Crippen LogP contribution in [0.5, 0.6) is 0 Å². The molecule has 0 amide bonds. The van der Waals surface area contributed by atoms with E-state index in [1.807, 2.05) is 13.8 Å². The van der Waals surface area contributed by atoms with E-state index in [1.54, 1.807) is 0 Å². The van der Waals surface area contributed by atoms with Crippen molar-refractivity contribution in [3.05, 3.63) is 0 Å². The number of rotatable bonds is 8. The molecule has 0 radical (unpaired) electrons. The van der Waals surface area contributed by atoms with Gasteiger partial charge in [-0.3, -0.25) is 9.59 Å². The van der Waals surface area contributed by atoms with E-state index < -0.39 is 0 Å². The van der Waals surface area contributed by atoms with Gasteiger partial charge < -0.3 is 19.7 Å². The van der Waals surface area contributed by atoms with Crippen LogP contribution in [0.2, 0.25) is 0 Å². The lowest BCUT2D eigenvalue weighted by Crippen LogP contribution is -1.99. The lowest BCUT2D eigenvalue weighted by atomic mass is 10.4. The van der Waals surface area contributed by atoms with Crippen LogP contribution in [0.1, 0.15) is 80.1 Å². The molecule has 0 aliphatic rings. The third-order valence-electron chi connectivity index (χ3n) is 2.05. The molecule has 0 bridgehead atoms. The van der Waals surface area contributed by atoms with Crippen molar-refractivity contribution in [3.63, 3.8) is 0 Å². The summed E-state index contributed by atoms with van der Waals surface area (Å²) in [6.45, 7) is 12.6. The molecule has 0 aliphatic carbocycles. The van der Waals surface area contributed by atoms with Gasteiger partial charge >= 0.3 is 11.9 Å². The van der Waals surface area contributed by atoms with Crippen LogP contribution in [0.15, 0.2) is 0 Å². The van der Waals surface area contributed by atoms with Crippen LogP contribution in [0.3, 0.4) is 0 Å². The van der Waals surface area contributed by atoms with Crippen LogP contribution in [-0.2, 0) is 19.1 Å². The van der Waals surface area contributed by atoms with Crippen LogP contribution in [-0.4, -0.2) is 48.6 Å². The molecular weight excluding hydrogens is 312 g/mol. The SMILES string of the molecule is CCCCO.CCCCOC(C)=O.CCCO.CCCOC(C)=O. The van der Waals surface area contributed by atoms with E-state index in [4.69, 9.17) is 10.2 Å². The summed E-state index contributed by atoms with van der Waals surface area (Å²) in [5.41, 5.74) is 0. The number of carbonyl (C=O) groups excluding carboxylic acids is 2. The summed E-state index contributed by atoms with van der Waals surface area (Å²) in [5, 5.41) is 15.9. The van der Waals surface area contributed by atoms with Gasteiger partial charge in [0.25, 0.3) is 0 Å². The monoisotopic (exact) mass is 352 g/mol. The van der Waals surface area contributed by atoms with E-state index >= 15 is 0 Å². The Morgan fingerprint density at radius 2 is 1.08 bits per heavy atom. The zero-order valence-electron chi connectivity index (χ0n) is 16.6. The van der Waals surface area contributed by atoms with Gasteiger partial charge in [0.1, 0.15) is 0 Å². The van der Waals surface area contributed by atoms with Gasteiger partial charge in [0.15, 0.2) is 0 Å². The van der Waals surface area contributed by atoms with Crippen LogP contribution < -0.4 is 0 Å². The lowest BCUT2D eigenvalue weighted by Gasteiger charge is -1.96. The van der Waals surface area contributed by atoms with Crippen molar-refractivity contribution < 1.29 is 29.3 Å². The van der Waals surface area contributed by atoms with Gasteiger partial charge in [-0.25, -0.2) is 0 Å². The van der Waals surface area contributed by atoms with Crippen LogP contribution in [0.25, 0.3) is 0 Å². The van der Waals surface area contributed by atoms with Crippen LogP contribution in [0.4, 0.5) is 0 Å². The average molecular weight is 353 g/mol. The molecule has 0 atom stereocenters. The lowest BCUT2D eigenvalue weighted by molar-refractivity contribution is -0.141. The van der Waals surface area contributed by atoms with E-state index in [2.05, 4.69) is 23.3 Å². The molecule has 0 aromatic rings. The summed E-state index contributed by atoms with van der Waals surface area (Å²) in [5.74, 6) is -0.375. The number of hydrogen-bond donors (Lipinski definition) is 2. The standard InChI is InChI=1S/C6H12O2.C5H10O2.C4H10O.C3H8O/c1-3-4-5-8-6(2)7;1-3-4-7-5(2)6;1-2-3-4-5;1-2-3-4/h3-5H2,1-2H3;3-4H2,1-2H3;5H,2-4H2,1H3;4H,2-3H2,1H3. The number of esters is 2. The quantitative estimate of drug-likeness (QED) is 0.513. The number of aliphatic hydroxyl groups is 2.